The second-order valence-corrected chi connectivity index (χ2v) is 8.03. The Hall–Kier alpha value is -4.05. The molecular formula is C23H21N5O4S. The number of benzene rings is 2. The normalized spacial score (nSPS) is 14.0. The fourth-order valence-electron chi connectivity index (χ4n) is 3.43. The van der Waals surface area contributed by atoms with Crippen molar-refractivity contribution >= 4 is 41.1 Å². The highest BCUT2D eigenvalue weighted by atomic mass is 32.1. The minimum Gasteiger partial charge on any atom is -0.493 e. The average Bonchev–Trinajstić information content (AvgIpc) is 3.22. The van der Waals surface area contributed by atoms with Crippen LogP contribution < -0.4 is 4.90 Å². The molecule has 1 aliphatic heterocycles. The first kappa shape index (κ1) is 22.2. The van der Waals surface area contributed by atoms with Crippen molar-refractivity contribution in [2.45, 2.75) is 20.8 Å². The lowest BCUT2D eigenvalue weighted by Gasteiger charge is -2.17. The van der Waals surface area contributed by atoms with Gasteiger partial charge in [0.2, 0.25) is 11.0 Å². The molecule has 2 heterocycles. The Labute approximate surface area is 195 Å². The standard InChI is InChI=1S/C23H21N5O4S/c1-13-4-7-18(10-14(13)2)28-21(30)19(15(3)25-28)11-24-26-12-20(29)27(23(26)33)17-8-5-16(6-9-17)22(31)32/h4-11,30H,12H2,1-3H3,(H,31,32)/b24-11+. The second-order valence-electron chi connectivity index (χ2n) is 7.67. The smallest absolute Gasteiger partial charge is 0.335 e. The van der Waals surface area contributed by atoms with Gasteiger partial charge in [-0.25, -0.2) is 14.5 Å². The van der Waals surface area contributed by atoms with Crippen molar-refractivity contribution < 1.29 is 19.8 Å². The molecule has 1 fully saturated rings. The van der Waals surface area contributed by atoms with Gasteiger partial charge in [-0.1, -0.05) is 6.07 Å². The number of hydrazone groups is 1. The Balaban J connectivity index is 1.58. The number of aromatic carboxylic acids is 1. The van der Waals surface area contributed by atoms with Gasteiger partial charge in [-0.3, -0.25) is 9.69 Å². The number of aromatic nitrogens is 2. The fourth-order valence-corrected chi connectivity index (χ4v) is 3.75. The minimum atomic E-state index is -1.06. The topological polar surface area (TPSA) is 111 Å². The number of aromatic hydroxyl groups is 1. The van der Waals surface area contributed by atoms with Crippen molar-refractivity contribution in [3.8, 4) is 11.6 Å². The van der Waals surface area contributed by atoms with Crippen LogP contribution in [0.15, 0.2) is 47.6 Å². The largest absolute Gasteiger partial charge is 0.493 e. The number of carbonyl (C=O) groups excluding carboxylic acids is 1. The molecule has 2 aromatic carbocycles. The SMILES string of the molecule is Cc1ccc(-n2nc(C)c(/C=N/N3CC(=O)N(c4ccc(C(=O)O)cc4)C3=S)c2O)cc1C. The summed E-state index contributed by atoms with van der Waals surface area (Å²) in [6.07, 6.45) is 1.42. The van der Waals surface area contributed by atoms with Crippen LogP contribution in [0.25, 0.3) is 5.69 Å². The van der Waals surface area contributed by atoms with Crippen molar-refractivity contribution in [2.75, 3.05) is 11.4 Å². The summed E-state index contributed by atoms with van der Waals surface area (Å²) in [6, 6.07) is 11.6. The highest BCUT2D eigenvalue weighted by Gasteiger charge is 2.34. The van der Waals surface area contributed by atoms with Gasteiger partial charge in [-0.2, -0.15) is 10.2 Å². The van der Waals surface area contributed by atoms with Crippen LogP contribution >= 0.6 is 12.2 Å². The number of nitrogens with zero attached hydrogens (tertiary/aromatic N) is 5. The lowest BCUT2D eigenvalue weighted by atomic mass is 10.1. The molecule has 0 radical (unpaired) electrons. The van der Waals surface area contributed by atoms with Crippen LogP contribution in [0.5, 0.6) is 5.88 Å². The molecule has 0 saturated carbocycles. The molecule has 0 bridgehead atoms. The number of amides is 1. The van der Waals surface area contributed by atoms with Crippen LogP contribution in [0.3, 0.4) is 0 Å². The maximum absolute atomic E-state index is 12.5. The molecule has 1 saturated heterocycles. The van der Waals surface area contributed by atoms with Crippen molar-refractivity contribution in [1.29, 1.82) is 0 Å². The molecule has 10 heteroatoms. The predicted molar refractivity (Wildman–Crippen MR) is 127 cm³/mol. The molecule has 0 aliphatic carbocycles. The summed E-state index contributed by atoms with van der Waals surface area (Å²) < 4.78 is 1.44. The molecular weight excluding hydrogens is 442 g/mol. The zero-order chi connectivity index (χ0) is 23.9. The summed E-state index contributed by atoms with van der Waals surface area (Å²) in [5.74, 6) is -1.43. The van der Waals surface area contributed by atoms with E-state index in [0.29, 0.717) is 16.9 Å². The van der Waals surface area contributed by atoms with Gasteiger partial charge in [0.15, 0.2) is 0 Å². The molecule has 1 aromatic heterocycles. The van der Waals surface area contributed by atoms with Crippen molar-refractivity contribution in [2.24, 2.45) is 5.10 Å². The molecule has 4 rings (SSSR count). The first-order valence-electron chi connectivity index (χ1n) is 10.1. The Kier molecular flexibility index (Phi) is 5.69. The van der Waals surface area contributed by atoms with Crippen LogP contribution in [0.1, 0.15) is 32.7 Å². The van der Waals surface area contributed by atoms with Gasteiger partial charge >= 0.3 is 5.97 Å². The molecule has 0 spiro atoms. The van der Waals surface area contributed by atoms with Gasteiger partial charge in [0.1, 0.15) is 6.54 Å². The molecule has 0 unspecified atom stereocenters. The quantitative estimate of drug-likeness (QED) is 0.442. The Bertz CT molecular complexity index is 1310. The number of hydrogen-bond donors (Lipinski definition) is 2. The van der Waals surface area contributed by atoms with E-state index in [9.17, 15) is 14.7 Å². The maximum atomic E-state index is 12.5. The van der Waals surface area contributed by atoms with Crippen LogP contribution in [0.4, 0.5) is 5.69 Å². The second kappa shape index (κ2) is 8.47. The monoisotopic (exact) mass is 463 g/mol. The summed E-state index contributed by atoms with van der Waals surface area (Å²) in [5, 5.41) is 30.0. The third-order valence-corrected chi connectivity index (χ3v) is 5.85. The van der Waals surface area contributed by atoms with Gasteiger partial charge in [0.05, 0.1) is 34.4 Å². The van der Waals surface area contributed by atoms with E-state index < -0.39 is 5.97 Å². The van der Waals surface area contributed by atoms with Gasteiger partial charge in [-0.05, 0) is 80.5 Å². The lowest BCUT2D eigenvalue weighted by molar-refractivity contribution is -0.116. The van der Waals surface area contributed by atoms with E-state index in [2.05, 4.69) is 10.2 Å². The van der Waals surface area contributed by atoms with Crippen LogP contribution in [-0.2, 0) is 4.79 Å². The third-order valence-electron chi connectivity index (χ3n) is 5.46. The van der Waals surface area contributed by atoms with E-state index in [0.717, 1.165) is 16.8 Å². The molecule has 168 valence electrons. The van der Waals surface area contributed by atoms with Crippen molar-refractivity contribution in [3.05, 3.63) is 70.4 Å². The number of anilines is 1. The Morgan fingerprint density at radius 1 is 1.09 bits per heavy atom. The van der Waals surface area contributed by atoms with Crippen LogP contribution in [-0.4, -0.2) is 54.8 Å². The van der Waals surface area contributed by atoms with E-state index in [1.165, 1.54) is 45.1 Å². The zero-order valence-corrected chi connectivity index (χ0v) is 19.0. The van der Waals surface area contributed by atoms with Crippen LogP contribution in [0, 0.1) is 20.8 Å². The number of carboxylic acid groups (broad SMARTS) is 1. The van der Waals surface area contributed by atoms with Gasteiger partial charge in [-0.15, -0.1) is 0 Å². The number of thiocarbonyl (C=S) groups is 1. The highest BCUT2D eigenvalue weighted by Crippen LogP contribution is 2.26. The van der Waals surface area contributed by atoms with Crippen LogP contribution in [0.2, 0.25) is 0 Å². The summed E-state index contributed by atoms with van der Waals surface area (Å²) in [4.78, 5) is 24.9. The number of carboxylic acids is 1. The first-order valence-corrected chi connectivity index (χ1v) is 10.5. The summed E-state index contributed by atoms with van der Waals surface area (Å²) in [6.45, 7) is 5.67. The van der Waals surface area contributed by atoms with E-state index in [4.69, 9.17) is 17.3 Å². The maximum Gasteiger partial charge on any atom is 0.335 e. The third kappa shape index (κ3) is 4.08. The van der Waals surface area contributed by atoms with E-state index >= 15 is 0 Å². The Morgan fingerprint density at radius 2 is 1.76 bits per heavy atom. The molecule has 9 nitrogen and oxygen atoms in total. The van der Waals surface area contributed by atoms with E-state index in [-0.39, 0.29) is 29.0 Å². The van der Waals surface area contributed by atoms with Gasteiger partial charge < -0.3 is 10.2 Å². The Morgan fingerprint density at radius 3 is 2.39 bits per heavy atom. The molecule has 33 heavy (non-hydrogen) atoms. The lowest BCUT2D eigenvalue weighted by Crippen LogP contribution is -2.31. The molecule has 2 N–H and O–H groups in total. The average molecular weight is 464 g/mol. The predicted octanol–water partition coefficient (Wildman–Crippen LogP) is 3.17. The van der Waals surface area contributed by atoms with E-state index in [1.54, 1.807) is 6.92 Å². The number of aryl methyl sites for hydroxylation is 3. The number of hydrogen-bond acceptors (Lipinski definition) is 6. The molecule has 0 atom stereocenters. The van der Waals surface area contributed by atoms with Gasteiger partial charge in [0.25, 0.3) is 5.91 Å². The van der Waals surface area contributed by atoms with E-state index in [1.807, 2.05) is 32.0 Å². The fraction of sp³-hybridized carbons (Fsp3) is 0.174. The summed E-state index contributed by atoms with van der Waals surface area (Å²) in [5.41, 5.74) is 4.47. The van der Waals surface area contributed by atoms with Crippen molar-refractivity contribution in [3.63, 3.8) is 0 Å². The summed E-state index contributed by atoms with van der Waals surface area (Å²) in [7, 11) is 0. The zero-order valence-electron chi connectivity index (χ0n) is 18.2. The molecule has 3 aromatic rings. The van der Waals surface area contributed by atoms with Gasteiger partial charge in [0, 0.05) is 0 Å². The highest BCUT2D eigenvalue weighted by molar-refractivity contribution is 7.80. The minimum absolute atomic E-state index is 0.0722. The molecule has 1 aliphatic rings. The number of carbonyl (C=O) groups is 2. The summed E-state index contributed by atoms with van der Waals surface area (Å²) >= 11 is 5.41. The van der Waals surface area contributed by atoms with Crippen molar-refractivity contribution in [1.82, 2.24) is 14.8 Å². The molecule has 1 amide bonds. The first-order chi connectivity index (χ1) is 15.7. The number of rotatable bonds is 5.